The summed E-state index contributed by atoms with van der Waals surface area (Å²) < 4.78 is 32.0. The van der Waals surface area contributed by atoms with E-state index >= 15 is 0 Å². The van der Waals surface area contributed by atoms with Gasteiger partial charge in [-0.1, -0.05) is 92.7 Å². The van der Waals surface area contributed by atoms with Crippen molar-refractivity contribution < 1.29 is 23.7 Å². The molecule has 0 fully saturated rings. The summed E-state index contributed by atoms with van der Waals surface area (Å²) in [5.41, 5.74) is 7.04. The lowest BCUT2D eigenvalue weighted by Gasteiger charge is -2.39. The second-order valence-corrected chi connectivity index (χ2v) is 14.4. The highest BCUT2D eigenvalue weighted by Crippen LogP contribution is 2.61. The maximum absolute atomic E-state index is 7.65. The number of hydrogen-bond donors (Lipinski definition) is 0. The van der Waals surface area contributed by atoms with Crippen LogP contribution in [0.5, 0.6) is 34.5 Å². The number of para-hydroxylation sites is 1. The molecule has 1 unspecified atom stereocenters. The first-order valence-corrected chi connectivity index (χ1v) is 19.2. The van der Waals surface area contributed by atoms with Crippen LogP contribution in [0.4, 0.5) is 0 Å². The molecule has 1 heterocycles. The molecule has 0 spiro atoms. The summed E-state index contributed by atoms with van der Waals surface area (Å²) in [6.07, 6.45) is 14.8. The highest BCUT2D eigenvalue weighted by molar-refractivity contribution is 6.09. The van der Waals surface area contributed by atoms with Crippen molar-refractivity contribution in [1.82, 2.24) is 0 Å². The third-order valence-corrected chi connectivity index (χ3v) is 11.7. The predicted molar refractivity (Wildman–Crippen MR) is 221 cm³/mol. The van der Waals surface area contributed by atoms with Crippen LogP contribution in [-0.4, -0.2) is 14.2 Å². The van der Waals surface area contributed by atoms with Crippen molar-refractivity contribution in [2.75, 3.05) is 14.2 Å². The van der Waals surface area contributed by atoms with E-state index in [1.54, 1.807) is 14.2 Å². The molecule has 274 valence electrons. The summed E-state index contributed by atoms with van der Waals surface area (Å²) in [5, 5.41) is 2.05. The van der Waals surface area contributed by atoms with Gasteiger partial charge >= 0.3 is 0 Å². The van der Waals surface area contributed by atoms with E-state index in [4.69, 9.17) is 23.7 Å². The van der Waals surface area contributed by atoms with E-state index in [2.05, 4.69) is 98.8 Å². The van der Waals surface area contributed by atoms with Gasteiger partial charge in [0.25, 0.3) is 0 Å². The number of rotatable bonds is 10. The van der Waals surface area contributed by atoms with E-state index in [-0.39, 0.29) is 5.41 Å². The zero-order valence-corrected chi connectivity index (χ0v) is 31.7. The molecule has 2 aliphatic carbocycles. The van der Waals surface area contributed by atoms with Crippen molar-refractivity contribution in [2.45, 2.75) is 50.5 Å². The largest absolute Gasteiger partial charge is 0.493 e. The van der Waals surface area contributed by atoms with Gasteiger partial charge in [0.1, 0.15) is 28.8 Å². The van der Waals surface area contributed by atoms with Gasteiger partial charge in [-0.2, -0.15) is 0 Å². The molecule has 5 heteroatoms. The Labute approximate surface area is 323 Å². The van der Waals surface area contributed by atoms with Crippen LogP contribution in [0.15, 0.2) is 145 Å². The Kier molecular flexibility index (Phi) is 8.73. The van der Waals surface area contributed by atoms with Crippen LogP contribution >= 0.6 is 0 Å². The van der Waals surface area contributed by atoms with Gasteiger partial charge in [0.2, 0.25) is 0 Å². The molecule has 0 saturated carbocycles. The number of benzene rings is 6. The lowest BCUT2D eigenvalue weighted by molar-refractivity contribution is 0.163. The first-order chi connectivity index (χ1) is 27.0. The first-order valence-electron chi connectivity index (χ1n) is 19.2. The minimum Gasteiger partial charge on any atom is -0.493 e. The Morgan fingerprint density at radius 1 is 0.636 bits per heavy atom. The summed E-state index contributed by atoms with van der Waals surface area (Å²) in [5.74, 6) is 5.33. The summed E-state index contributed by atoms with van der Waals surface area (Å²) in [6.45, 7) is 4.61. The second-order valence-electron chi connectivity index (χ2n) is 14.4. The topological polar surface area (TPSA) is 46.2 Å². The smallest absolute Gasteiger partial charge is 0.178 e. The Balaban J connectivity index is 1.26. The molecule has 0 aromatic heterocycles. The third kappa shape index (κ3) is 5.60. The Hall–Kier alpha value is -6.20. The minimum absolute atomic E-state index is 0.192. The molecule has 6 aromatic rings. The zero-order chi connectivity index (χ0) is 37.6. The summed E-state index contributed by atoms with van der Waals surface area (Å²) in [4.78, 5) is 0. The van der Waals surface area contributed by atoms with E-state index in [1.165, 1.54) is 22.3 Å². The maximum atomic E-state index is 7.65. The number of ether oxygens (including phenoxy) is 5. The molecular formula is C50H44O5. The van der Waals surface area contributed by atoms with Crippen LogP contribution in [-0.2, 0) is 11.0 Å². The molecule has 1 aliphatic heterocycles. The summed E-state index contributed by atoms with van der Waals surface area (Å²) in [6, 6.07) is 39.5. The fourth-order valence-electron chi connectivity index (χ4n) is 8.92. The van der Waals surface area contributed by atoms with Crippen molar-refractivity contribution in [3.63, 3.8) is 0 Å². The van der Waals surface area contributed by atoms with E-state index in [0.29, 0.717) is 11.5 Å². The zero-order valence-electron chi connectivity index (χ0n) is 31.7. The molecule has 1 atom stereocenters. The molecule has 55 heavy (non-hydrogen) atoms. The third-order valence-electron chi connectivity index (χ3n) is 11.7. The number of fused-ring (bicyclic) bond motifs is 8. The van der Waals surface area contributed by atoms with Crippen molar-refractivity contribution in [1.29, 1.82) is 0 Å². The van der Waals surface area contributed by atoms with E-state index in [1.807, 2.05) is 60.7 Å². The van der Waals surface area contributed by atoms with Gasteiger partial charge in [-0.15, -0.1) is 0 Å². The van der Waals surface area contributed by atoms with Gasteiger partial charge in [0.05, 0.1) is 14.2 Å². The number of allylic oxidation sites excluding steroid dienone is 3. The van der Waals surface area contributed by atoms with Crippen LogP contribution in [0.2, 0.25) is 0 Å². The van der Waals surface area contributed by atoms with Crippen molar-refractivity contribution in [3.8, 4) is 45.6 Å². The van der Waals surface area contributed by atoms with E-state index in [0.717, 1.165) is 81.9 Å². The molecule has 5 nitrogen and oxygen atoms in total. The van der Waals surface area contributed by atoms with Gasteiger partial charge in [0.15, 0.2) is 17.1 Å². The predicted octanol–water partition coefficient (Wildman–Crippen LogP) is 12.7. The van der Waals surface area contributed by atoms with Crippen molar-refractivity contribution >= 4 is 16.8 Å². The van der Waals surface area contributed by atoms with Crippen LogP contribution < -0.4 is 23.7 Å². The molecule has 0 amide bonds. The average molecular weight is 725 g/mol. The molecule has 6 aromatic carbocycles. The first kappa shape index (κ1) is 34.6. The fraction of sp³-hybridized carbons (Fsp3) is 0.200. The normalized spacial score (nSPS) is 17.4. The number of hydrogen-bond acceptors (Lipinski definition) is 5. The van der Waals surface area contributed by atoms with Crippen molar-refractivity contribution in [2.24, 2.45) is 0 Å². The maximum Gasteiger partial charge on any atom is 0.178 e. The van der Waals surface area contributed by atoms with Crippen LogP contribution in [0, 0.1) is 0 Å². The van der Waals surface area contributed by atoms with Crippen LogP contribution in [0.1, 0.15) is 67.3 Å². The molecule has 0 radical (unpaired) electrons. The SMILES string of the molecule is CCC1(CC)c2ccccc2-c2c1c1c(c3cc(OC)c(OC)cc23)OC(c2ccc(OC3=CCCC=C3)cc2)(c2ccc(Oc3ccccc3)cc2)C=C1. The molecule has 3 aliphatic rings. The number of methoxy groups -OCH3 is 2. The monoisotopic (exact) mass is 724 g/mol. The van der Waals surface area contributed by atoms with Gasteiger partial charge in [0, 0.05) is 27.5 Å². The molecule has 9 rings (SSSR count). The Bertz CT molecular complexity index is 2490. The Morgan fingerprint density at radius 3 is 1.89 bits per heavy atom. The second kappa shape index (κ2) is 13.9. The standard InChI is InChI=1S/C50H44O5/c1-5-49(6-2)43-20-14-13-19-39(43)46-41-31-44(51-3)45(52-4)32-42(41)48-40(47(46)49)29-30-50(55-48,33-21-25-37(26-22-33)53-35-15-9-7-10-16-35)34-23-27-38(28-24-34)54-36-17-11-8-12-18-36/h7,9-11,13-32H,5-6,8,12H2,1-4H3. The van der Waals surface area contributed by atoms with E-state index < -0.39 is 5.60 Å². The average Bonchev–Trinajstić information content (AvgIpc) is 3.55. The quantitative estimate of drug-likeness (QED) is 0.141. The summed E-state index contributed by atoms with van der Waals surface area (Å²) in [7, 11) is 3.38. The molecule has 0 bridgehead atoms. The molecule has 0 N–H and O–H groups in total. The molecule has 0 saturated heterocycles. The van der Waals surface area contributed by atoms with Gasteiger partial charge in [-0.05, 0) is 120 Å². The van der Waals surface area contributed by atoms with E-state index in [9.17, 15) is 0 Å². The van der Waals surface area contributed by atoms with Crippen LogP contribution in [0.3, 0.4) is 0 Å². The van der Waals surface area contributed by atoms with Gasteiger partial charge in [-0.3, -0.25) is 0 Å². The van der Waals surface area contributed by atoms with Gasteiger partial charge in [-0.25, -0.2) is 0 Å². The highest BCUT2D eigenvalue weighted by Gasteiger charge is 2.47. The highest BCUT2D eigenvalue weighted by atomic mass is 16.5. The fourth-order valence-corrected chi connectivity index (χ4v) is 8.92. The minimum atomic E-state index is -0.984. The summed E-state index contributed by atoms with van der Waals surface area (Å²) >= 11 is 0. The lowest BCUT2D eigenvalue weighted by atomic mass is 9.71. The molecular weight excluding hydrogens is 681 g/mol. The lowest BCUT2D eigenvalue weighted by Crippen LogP contribution is -2.35. The van der Waals surface area contributed by atoms with Crippen LogP contribution in [0.25, 0.3) is 28.0 Å². The van der Waals surface area contributed by atoms with Crippen molar-refractivity contribution in [3.05, 3.63) is 173 Å². The van der Waals surface area contributed by atoms with Gasteiger partial charge < -0.3 is 23.7 Å². The Morgan fingerprint density at radius 2 is 1.25 bits per heavy atom.